The summed E-state index contributed by atoms with van der Waals surface area (Å²) in [6, 6.07) is 11.1. The Morgan fingerprint density at radius 2 is 1.90 bits per heavy atom. The van der Waals surface area contributed by atoms with Gasteiger partial charge >= 0.3 is 5.97 Å². The van der Waals surface area contributed by atoms with Crippen LogP contribution in [0.3, 0.4) is 0 Å². The Balaban J connectivity index is 2.06. The molecule has 2 N–H and O–H groups in total. The molecule has 6 heteroatoms. The summed E-state index contributed by atoms with van der Waals surface area (Å²) in [5, 5.41) is 11.6. The van der Waals surface area contributed by atoms with Crippen molar-refractivity contribution < 1.29 is 19.1 Å². The lowest BCUT2D eigenvalue weighted by molar-refractivity contribution is -0.139. The second kappa shape index (κ2) is 6.38. The molecule has 0 aliphatic heterocycles. The summed E-state index contributed by atoms with van der Waals surface area (Å²) in [6.07, 6.45) is 0.212. The van der Waals surface area contributed by atoms with Gasteiger partial charge in [-0.2, -0.15) is 0 Å². The van der Waals surface area contributed by atoms with Crippen molar-refractivity contribution in [3.63, 3.8) is 0 Å². The Bertz CT molecular complexity index is 609. The van der Waals surface area contributed by atoms with Gasteiger partial charge in [-0.3, -0.25) is 4.79 Å². The lowest BCUT2D eigenvalue weighted by atomic mass is 10.1. The number of halogens is 1. The molecule has 2 aromatic rings. The number of carboxylic acid groups (broad SMARTS) is 1. The lowest BCUT2D eigenvalue weighted by Gasteiger charge is -2.13. The lowest BCUT2D eigenvalue weighted by Crippen LogP contribution is -2.42. The topological polar surface area (TPSA) is 79.5 Å². The van der Waals surface area contributed by atoms with Crippen LogP contribution in [0, 0.1) is 0 Å². The number of amides is 1. The van der Waals surface area contributed by atoms with Crippen LogP contribution in [0.15, 0.2) is 51.6 Å². The second-order valence-corrected chi connectivity index (χ2v) is 4.94. The van der Waals surface area contributed by atoms with Crippen LogP contribution in [0.4, 0.5) is 0 Å². The van der Waals surface area contributed by atoms with Crippen LogP contribution in [0.1, 0.15) is 16.1 Å². The molecule has 1 amide bonds. The van der Waals surface area contributed by atoms with Crippen molar-refractivity contribution in [3.05, 3.63) is 58.5 Å². The van der Waals surface area contributed by atoms with Gasteiger partial charge in [-0.1, -0.05) is 30.3 Å². The van der Waals surface area contributed by atoms with Crippen LogP contribution in [0.5, 0.6) is 0 Å². The van der Waals surface area contributed by atoms with Crippen LogP contribution < -0.4 is 5.32 Å². The number of carboxylic acids is 1. The highest BCUT2D eigenvalue weighted by atomic mass is 79.9. The fourth-order valence-corrected chi connectivity index (χ4v) is 2.02. The number of hydrogen-bond donors (Lipinski definition) is 2. The van der Waals surface area contributed by atoms with E-state index in [-0.39, 0.29) is 12.2 Å². The van der Waals surface area contributed by atoms with E-state index < -0.39 is 17.9 Å². The number of aliphatic carboxylic acids is 1. The molecule has 1 aromatic carbocycles. The molecule has 0 saturated heterocycles. The minimum atomic E-state index is -1.09. The molecule has 0 bridgehead atoms. The first-order chi connectivity index (χ1) is 9.56. The van der Waals surface area contributed by atoms with Crippen LogP contribution >= 0.6 is 15.9 Å². The van der Waals surface area contributed by atoms with Gasteiger partial charge in [0.25, 0.3) is 5.91 Å². The number of carbonyl (C=O) groups is 2. The van der Waals surface area contributed by atoms with Gasteiger partial charge in [-0.25, -0.2) is 4.79 Å². The summed E-state index contributed by atoms with van der Waals surface area (Å²) in [6.45, 7) is 0. The molecular weight excluding hydrogens is 326 g/mol. The normalized spacial score (nSPS) is 11.8. The van der Waals surface area contributed by atoms with E-state index in [0.717, 1.165) is 5.56 Å². The fraction of sp³-hybridized carbons (Fsp3) is 0.143. The Labute approximate surface area is 123 Å². The van der Waals surface area contributed by atoms with Gasteiger partial charge in [0.1, 0.15) is 6.04 Å². The molecule has 2 rings (SSSR count). The Morgan fingerprint density at radius 1 is 1.20 bits per heavy atom. The third kappa shape index (κ3) is 3.71. The molecule has 0 radical (unpaired) electrons. The number of hydrogen-bond acceptors (Lipinski definition) is 3. The first-order valence-corrected chi connectivity index (χ1v) is 6.68. The molecule has 1 heterocycles. The van der Waals surface area contributed by atoms with Crippen molar-refractivity contribution in [2.45, 2.75) is 12.5 Å². The van der Waals surface area contributed by atoms with E-state index in [1.54, 1.807) is 6.07 Å². The molecule has 1 aromatic heterocycles. The summed E-state index contributed by atoms with van der Waals surface area (Å²) < 4.78 is 5.50. The predicted octanol–water partition coefficient (Wildman–Crippen LogP) is 2.47. The first-order valence-electron chi connectivity index (χ1n) is 5.89. The summed E-state index contributed by atoms with van der Waals surface area (Å²) in [5.41, 5.74) is 0.834. The molecule has 0 spiro atoms. The van der Waals surface area contributed by atoms with Crippen molar-refractivity contribution in [1.82, 2.24) is 5.32 Å². The van der Waals surface area contributed by atoms with E-state index in [2.05, 4.69) is 21.2 Å². The zero-order chi connectivity index (χ0) is 14.5. The van der Waals surface area contributed by atoms with Crippen molar-refractivity contribution >= 4 is 27.8 Å². The third-order valence-electron chi connectivity index (χ3n) is 2.68. The maximum Gasteiger partial charge on any atom is 0.326 e. The third-order valence-corrected chi connectivity index (χ3v) is 3.11. The molecule has 1 atom stereocenters. The van der Waals surface area contributed by atoms with Gasteiger partial charge in [-0.15, -0.1) is 0 Å². The van der Waals surface area contributed by atoms with Crippen molar-refractivity contribution in [3.8, 4) is 0 Å². The molecule has 5 nitrogen and oxygen atoms in total. The monoisotopic (exact) mass is 337 g/mol. The van der Waals surface area contributed by atoms with Crippen molar-refractivity contribution in [1.29, 1.82) is 0 Å². The smallest absolute Gasteiger partial charge is 0.326 e. The maximum atomic E-state index is 11.9. The van der Waals surface area contributed by atoms with Gasteiger partial charge < -0.3 is 14.8 Å². The predicted molar refractivity (Wildman–Crippen MR) is 75.4 cm³/mol. The summed E-state index contributed by atoms with van der Waals surface area (Å²) >= 11 is 3.09. The summed E-state index contributed by atoms with van der Waals surface area (Å²) in [7, 11) is 0. The largest absolute Gasteiger partial charge is 0.480 e. The zero-order valence-electron chi connectivity index (χ0n) is 10.4. The average molecular weight is 338 g/mol. The minimum absolute atomic E-state index is 0.0659. The maximum absolute atomic E-state index is 11.9. The Hall–Kier alpha value is -2.08. The van der Waals surface area contributed by atoms with E-state index in [9.17, 15) is 14.7 Å². The highest BCUT2D eigenvalue weighted by Crippen LogP contribution is 2.14. The molecule has 0 aliphatic carbocycles. The SMILES string of the molecule is O=C(N[C@@H](Cc1ccccc1)C(=O)O)c1ccc(Br)o1. The molecule has 104 valence electrons. The summed E-state index contributed by atoms with van der Waals surface area (Å²) in [4.78, 5) is 23.1. The number of rotatable bonds is 5. The van der Waals surface area contributed by atoms with Crippen LogP contribution in [0.25, 0.3) is 0 Å². The number of benzene rings is 1. The molecule has 0 aliphatic rings. The quantitative estimate of drug-likeness (QED) is 0.878. The molecule has 20 heavy (non-hydrogen) atoms. The first kappa shape index (κ1) is 14.3. The van der Waals surface area contributed by atoms with E-state index in [1.807, 2.05) is 30.3 Å². The van der Waals surface area contributed by atoms with E-state index >= 15 is 0 Å². The van der Waals surface area contributed by atoms with Gasteiger partial charge in [0.15, 0.2) is 10.4 Å². The Morgan fingerprint density at radius 3 is 2.45 bits per heavy atom. The van der Waals surface area contributed by atoms with Gasteiger partial charge in [0.2, 0.25) is 0 Å². The summed E-state index contributed by atoms with van der Waals surface area (Å²) in [5.74, 6) is -1.58. The highest BCUT2D eigenvalue weighted by molar-refractivity contribution is 9.10. The second-order valence-electron chi connectivity index (χ2n) is 4.16. The average Bonchev–Trinajstić information content (AvgIpc) is 2.86. The number of carbonyl (C=O) groups excluding carboxylic acids is 1. The zero-order valence-corrected chi connectivity index (χ0v) is 12.0. The van der Waals surface area contributed by atoms with Gasteiger partial charge in [-0.05, 0) is 33.6 Å². The minimum Gasteiger partial charge on any atom is -0.480 e. The van der Waals surface area contributed by atoms with E-state index in [4.69, 9.17) is 4.42 Å². The number of nitrogens with one attached hydrogen (secondary N) is 1. The van der Waals surface area contributed by atoms with Crippen LogP contribution in [0.2, 0.25) is 0 Å². The fourth-order valence-electron chi connectivity index (χ4n) is 1.72. The molecule has 0 unspecified atom stereocenters. The van der Waals surface area contributed by atoms with E-state index in [0.29, 0.717) is 4.67 Å². The highest BCUT2D eigenvalue weighted by Gasteiger charge is 2.22. The van der Waals surface area contributed by atoms with Gasteiger partial charge in [0.05, 0.1) is 0 Å². The van der Waals surface area contributed by atoms with Crippen molar-refractivity contribution in [2.24, 2.45) is 0 Å². The molecule has 0 saturated carbocycles. The Kier molecular flexibility index (Phi) is 4.57. The molecular formula is C14H12BrNO4. The van der Waals surface area contributed by atoms with E-state index in [1.165, 1.54) is 6.07 Å². The van der Waals surface area contributed by atoms with Crippen LogP contribution in [-0.4, -0.2) is 23.0 Å². The van der Waals surface area contributed by atoms with Crippen molar-refractivity contribution in [2.75, 3.05) is 0 Å². The standard InChI is InChI=1S/C14H12BrNO4/c15-12-7-6-11(20-12)13(17)16-10(14(18)19)8-9-4-2-1-3-5-9/h1-7,10H,8H2,(H,16,17)(H,18,19)/t10-/m0/s1. The number of furan rings is 1. The van der Waals surface area contributed by atoms with Crippen LogP contribution in [-0.2, 0) is 11.2 Å². The van der Waals surface area contributed by atoms with Gasteiger partial charge in [0, 0.05) is 6.42 Å². The molecule has 0 fully saturated rings.